The fourth-order valence-corrected chi connectivity index (χ4v) is 1.76. The number of carbonyl (C=O) groups excluding carboxylic acids is 1. The molecule has 1 aromatic rings. The largest absolute Gasteiger partial charge is 0.465 e. The predicted molar refractivity (Wildman–Crippen MR) is 55.2 cm³/mol. The van der Waals surface area contributed by atoms with E-state index in [2.05, 4.69) is 20.7 Å². The van der Waals surface area contributed by atoms with E-state index in [1.54, 1.807) is 0 Å². The number of rotatable bonds is 1. The number of methoxy groups -OCH3 is 1. The number of hydrogen-bond acceptors (Lipinski definition) is 3. The van der Waals surface area contributed by atoms with Crippen molar-refractivity contribution < 1.29 is 22.7 Å². The minimum absolute atomic E-state index is 0.0734. The number of esters is 1. The molecule has 0 unspecified atom stereocenters. The molecule has 0 heterocycles. The highest BCUT2D eigenvalue weighted by Crippen LogP contribution is 2.37. The molecule has 0 aliphatic carbocycles. The second-order valence-electron chi connectivity index (χ2n) is 2.95. The number of hydrogen-bond donors (Lipinski definition) is 0. The Morgan fingerprint density at radius 3 is 2.47 bits per heavy atom. The standard InChI is InChI=1S/C10H5BrF3NO2/c1-17-9(16)7-6(11)3-2-5(4-15)8(7)10(12,13)14/h2-3H,1H3. The van der Waals surface area contributed by atoms with E-state index in [9.17, 15) is 18.0 Å². The molecule has 0 saturated carbocycles. The van der Waals surface area contributed by atoms with Crippen LogP contribution in [0.1, 0.15) is 21.5 Å². The van der Waals surface area contributed by atoms with Crippen molar-refractivity contribution in [1.82, 2.24) is 0 Å². The van der Waals surface area contributed by atoms with Crippen molar-refractivity contribution in [2.24, 2.45) is 0 Å². The Morgan fingerprint density at radius 2 is 2.06 bits per heavy atom. The molecular weight excluding hydrogens is 303 g/mol. The topological polar surface area (TPSA) is 50.1 Å². The number of benzene rings is 1. The third-order valence-electron chi connectivity index (χ3n) is 1.95. The summed E-state index contributed by atoms with van der Waals surface area (Å²) in [6.07, 6.45) is -4.81. The fourth-order valence-electron chi connectivity index (χ4n) is 1.27. The van der Waals surface area contributed by atoms with Gasteiger partial charge in [0.1, 0.15) is 0 Å². The van der Waals surface area contributed by atoms with Gasteiger partial charge >= 0.3 is 12.1 Å². The fraction of sp³-hybridized carbons (Fsp3) is 0.200. The molecule has 17 heavy (non-hydrogen) atoms. The van der Waals surface area contributed by atoms with Gasteiger partial charge in [0.2, 0.25) is 0 Å². The number of nitrogens with zero attached hydrogens (tertiary/aromatic N) is 1. The lowest BCUT2D eigenvalue weighted by molar-refractivity contribution is -0.138. The maximum Gasteiger partial charge on any atom is 0.418 e. The molecule has 0 atom stereocenters. The van der Waals surface area contributed by atoms with Gasteiger partial charge in [0, 0.05) is 4.47 Å². The van der Waals surface area contributed by atoms with Crippen molar-refractivity contribution in [2.75, 3.05) is 7.11 Å². The first-order valence-electron chi connectivity index (χ1n) is 4.21. The zero-order valence-electron chi connectivity index (χ0n) is 8.43. The molecule has 0 aliphatic heterocycles. The van der Waals surface area contributed by atoms with Crippen molar-refractivity contribution in [1.29, 1.82) is 5.26 Å². The molecule has 0 fully saturated rings. The van der Waals surface area contributed by atoms with Crippen LogP contribution in [0.5, 0.6) is 0 Å². The molecule has 0 radical (unpaired) electrons. The molecule has 0 bridgehead atoms. The van der Waals surface area contributed by atoms with E-state index in [-0.39, 0.29) is 4.47 Å². The molecule has 0 saturated heterocycles. The van der Waals surface area contributed by atoms with Crippen LogP contribution in [0.2, 0.25) is 0 Å². The number of alkyl halides is 3. The molecule has 7 heteroatoms. The predicted octanol–water partition coefficient (Wildman–Crippen LogP) is 3.13. The average Bonchev–Trinajstić information content (AvgIpc) is 2.26. The lowest BCUT2D eigenvalue weighted by Crippen LogP contribution is -2.17. The van der Waals surface area contributed by atoms with Gasteiger partial charge in [-0.2, -0.15) is 18.4 Å². The minimum atomic E-state index is -4.81. The lowest BCUT2D eigenvalue weighted by Gasteiger charge is -2.14. The summed E-state index contributed by atoms with van der Waals surface area (Å²) in [7, 11) is 0.966. The van der Waals surface area contributed by atoms with Crippen LogP contribution in [0, 0.1) is 11.3 Å². The molecule has 0 aromatic heterocycles. The van der Waals surface area contributed by atoms with Crippen LogP contribution in [0.4, 0.5) is 13.2 Å². The van der Waals surface area contributed by atoms with E-state index < -0.39 is 28.8 Å². The average molecular weight is 308 g/mol. The van der Waals surface area contributed by atoms with Crippen LogP contribution in [0.25, 0.3) is 0 Å². The second kappa shape index (κ2) is 4.75. The summed E-state index contributed by atoms with van der Waals surface area (Å²) >= 11 is 2.83. The van der Waals surface area contributed by atoms with Crippen LogP contribution >= 0.6 is 15.9 Å². The zero-order valence-corrected chi connectivity index (χ0v) is 10.0. The van der Waals surface area contributed by atoms with Crippen LogP contribution in [-0.4, -0.2) is 13.1 Å². The third-order valence-corrected chi connectivity index (χ3v) is 2.61. The normalized spacial score (nSPS) is 10.8. The van der Waals surface area contributed by atoms with Gasteiger partial charge in [0.25, 0.3) is 0 Å². The van der Waals surface area contributed by atoms with Gasteiger partial charge in [-0.1, -0.05) is 0 Å². The van der Waals surface area contributed by atoms with Crippen LogP contribution in [0.15, 0.2) is 16.6 Å². The van der Waals surface area contributed by atoms with Gasteiger partial charge in [-0.05, 0) is 28.1 Å². The van der Waals surface area contributed by atoms with Gasteiger partial charge in [0.15, 0.2) is 0 Å². The molecule has 0 amide bonds. The van der Waals surface area contributed by atoms with Crippen LogP contribution in [0.3, 0.4) is 0 Å². The lowest BCUT2D eigenvalue weighted by atomic mass is 10.0. The maximum atomic E-state index is 12.8. The molecule has 0 spiro atoms. The van der Waals surface area contributed by atoms with Gasteiger partial charge in [-0.25, -0.2) is 4.79 Å². The van der Waals surface area contributed by atoms with Gasteiger partial charge in [-0.15, -0.1) is 0 Å². The number of ether oxygens (including phenoxy) is 1. The van der Waals surface area contributed by atoms with E-state index in [0.717, 1.165) is 13.2 Å². The molecule has 90 valence electrons. The highest BCUT2D eigenvalue weighted by molar-refractivity contribution is 9.10. The number of carbonyl (C=O) groups is 1. The molecule has 0 N–H and O–H groups in total. The van der Waals surface area contributed by atoms with Crippen molar-refractivity contribution in [2.45, 2.75) is 6.18 Å². The van der Waals surface area contributed by atoms with E-state index in [1.165, 1.54) is 12.1 Å². The second-order valence-corrected chi connectivity index (χ2v) is 3.80. The van der Waals surface area contributed by atoms with Crippen LogP contribution < -0.4 is 0 Å². The molecule has 1 aromatic carbocycles. The first-order valence-corrected chi connectivity index (χ1v) is 5.00. The van der Waals surface area contributed by atoms with Gasteiger partial charge in [-0.3, -0.25) is 0 Å². The van der Waals surface area contributed by atoms with Crippen molar-refractivity contribution >= 4 is 21.9 Å². The summed E-state index contributed by atoms with van der Waals surface area (Å²) in [5.74, 6) is -1.15. The van der Waals surface area contributed by atoms with E-state index in [0.29, 0.717) is 0 Å². The van der Waals surface area contributed by atoms with Gasteiger partial charge < -0.3 is 4.74 Å². The Morgan fingerprint density at radius 1 is 1.47 bits per heavy atom. The summed E-state index contributed by atoms with van der Waals surface area (Å²) in [6, 6.07) is 3.58. The molecular formula is C10H5BrF3NO2. The van der Waals surface area contributed by atoms with Crippen molar-refractivity contribution in [3.05, 3.63) is 33.3 Å². The molecule has 3 nitrogen and oxygen atoms in total. The molecule has 1 rings (SSSR count). The number of halogens is 4. The van der Waals surface area contributed by atoms with E-state index in [4.69, 9.17) is 5.26 Å². The Labute approximate surface area is 103 Å². The summed E-state index contributed by atoms with van der Waals surface area (Å²) in [5.41, 5.74) is -2.61. The Kier molecular flexibility index (Phi) is 3.78. The van der Waals surface area contributed by atoms with E-state index >= 15 is 0 Å². The van der Waals surface area contributed by atoms with Gasteiger partial charge in [0.05, 0.1) is 29.9 Å². The third kappa shape index (κ3) is 2.58. The highest BCUT2D eigenvalue weighted by atomic mass is 79.9. The Balaban J connectivity index is 3.68. The molecule has 0 aliphatic rings. The maximum absolute atomic E-state index is 12.8. The smallest absolute Gasteiger partial charge is 0.418 e. The monoisotopic (exact) mass is 307 g/mol. The van der Waals surface area contributed by atoms with Crippen molar-refractivity contribution in [3.63, 3.8) is 0 Å². The quantitative estimate of drug-likeness (QED) is 0.749. The SMILES string of the molecule is COC(=O)c1c(Br)ccc(C#N)c1C(F)(F)F. The summed E-state index contributed by atoms with van der Waals surface area (Å²) in [5, 5.41) is 8.63. The first kappa shape index (κ1) is 13.5. The van der Waals surface area contributed by atoms with E-state index in [1.807, 2.05) is 0 Å². The Hall–Kier alpha value is -1.55. The minimum Gasteiger partial charge on any atom is -0.465 e. The van der Waals surface area contributed by atoms with Crippen LogP contribution in [-0.2, 0) is 10.9 Å². The Bertz CT molecular complexity index is 505. The summed E-state index contributed by atoms with van der Waals surface area (Å²) in [4.78, 5) is 11.3. The van der Waals surface area contributed by atoms with Crippen molar-refractivity contribution in [3.8, 4) is 6.07 Å². The summed E-state index contributed by atoms with van der Waals surface area (Å²) in [6.45, 7) is 0. The zero-order chi connectivity index (χ0) is 13.2. The highest BCUT2D eigenvalue weighted by Gasteiger charge is 2.39. The number of nitriles is 1. The first-order chi connectivity index (χ1) is 7.82. The summed E-state index contributed by atoms with van der Waals surface area (Å²) < 4.78 is 42.6.